The first kappa shape index (κ1) is 19.3. The molecule has 148 valence electrons. The van der Waals surface area contributed by atoms with Crippen LogP contribution in [0.2, 0.25) is 5.02 Å². The van der Waals surface area contributed by atoms with Gasteiger partial charge in [0.05, 0.1) is 19.3 Å². The fraction of sp³-hybridized carbons (Fsp3) is 0.208. The maximum atomic E-state index is 5.97. The number of hydrogen-bond acceptors (Lipinski definition) is 4. The van der Waals surface area contributed by atoms with E-state index < -0.39 is 0 Å². The summed E-state index contributed by atoms with van der Waals surface area (Å²) in [6, 6.07) is 26.2. The van der Waals surface area contributed by atoms with Crippen LogP contribution in [-0.2, 0) is 6.61 Å². The Kier molecular flexibility index (Phi) is 6.32. The maximum Gasteiger partial charge on any atom is 0.119 e. The van der Waals surface area contributed by atoms with Gasteiger partial charge in [0.15, 0.2) is 0 Å². The van der Waals surface area contributed by atoms with Crippen molar-refractivity contribution in [1.82, 2.24) is 5.01 Å². The second kappa shape index (κ2) is 9.48. The average Bonchev–Trinajstić information content (AvgIpc) is 2.79. The van der Waals surface area contributed by atoms with Gasteiger partial charge < -0.3 is 9.64 Å². The van der Waals surface area contributed by atoms with E-state index in [1.54, 1.807) is 0 Å². The van der Waals surface area contributed by atoms with Crippen molar-refractivity contribution < 1.29 is 4.74 Å². The standard InChI is InChI=1S/C24H24ClN3O/c25-22-8-10-23(11-9-22)27-14-16-28(17-15-27)26-18-20-6-12-24(13-7-20)29-19-21-4-2-1-3-5-21/h1-13,18H,14-17,19H2/b26-18+. The van der Waals surface area contributed by atoms with Crippen LogP contribution in [0.1, 0.15) is 11.1 Å². The van der Waals surface area contributed by atoms with Crippen LogP contribution in [-0.4, -0.2) is 37.4 Å². The summed E-state index contributed by atoms with van der Waals surface area (Å²) in [6.45, 7) is 4.28. The Bertz CT molecular complexity index is 919. The van der Waals surface area contributed by atoms with Gasteiger partial charge in [0.25, 0.3) is 0 Å². The van der Waals surface area contributed by atoms with E-state index in [-0.39, 0.29) is 0 Å². The van der Waals surface area contributed by atoms with Crippen molar-refractivity contribution in [1.29, 1.82) is 0 Å². The van der Waals surface area contributed by atoms with Crippen LogP contribution in [0.5, 0.6) is 5.75 Å². The molecule has 0 amide bonds. The molecule has 0 aliphatic carbocycles. The lowest BCUT2D eigenvalue weighted by Gasteiger charge is -2.34. The molecule has 0 bridgehead atoms. The third kappa shape index (κ3) is 5.52. The molecule has 1 saturated heterocycles. The Morgan fingerprint density at radius 1 is 0.828 bits per heavy atom. The molecule has 4 rings (SSSR count). The van der Waals surface area contributed by atoms with E-state index in [0.717, 1.165) is 48.1 Å². The number of nitrogens with zero attached hydrogens (tertiary/aromatic N) is 3. The van der Waals surface area contributed by atoms with Crippen molar-refractivity contribution in [3.05, 3.63) is 95.0 Å². The minimum absolute atomic E-state index is 0.576. The first-order valence-corrected chi connectivity index (χ1v) is 10.2. The molecule has 0 N–H and O–H groups in total. The van der Waals surface area contributed by atoms with Gasteiger partial charge >= 0.3 is 0 Å². The van der Waals surface area contributed by atoms with E-state index in [4.69, 9.17) is 16.3 Å². The molecule has 0 saturated carbocycles. The fourth-order valence-corrected chi connectivity index (χ4v) is 3.39. The first-order valence-electron chi connectivity index (χ1n) is 9.82. The molecule has 1 aliphatic rings. The molecule has 0 aromatic heterocycles. The smallest absolute Gasteiger partial charge is 0.119 e. The summed E-state index contributed by atoms with van der Waals surface area (Å²) in [5.41, 5.74) is 3.44. The van der Waals surface area contributed by atoms with E-state index in [0.29, 0.717) is 6.61 Å². The van der Waals surface area contributed by atoms with Gasteiger partial charge in [0.1, 0.15) is 12.4 Å². The summed E-state index contributed by atoms with van der Waals surface area (Å²) in [5.74, 6) is 0.864. The predicted octanol–water partition coefficient (Wildman–Crippen LogP) is 5.08. The second-order valence-electron chi connectivity index (χ2n) is 7.01. The zero-order valence-corrected chi connectivity index (χ0v) is 17.0. The SMILES string of the molecule is Clc1ccc(N2CCN(/N=C/c3ccc(OCc4ccccc4)cc3)CC2)cc1. The fourth-order valence-electron chi connectivity index (χ4n) is 3.26. The molecule has 1 fully saturated rings. The summed E-state index contributed by atoms with van der Waals surface area (Å²) >= 11 is 5.97. The summed E-state index contributed by atoms with van der Waals surface area (Å²) in [6.07, 6.45) is 1.92. The zero-order valence-electron chi connectivity index (χ0n) is 16.2. The number of halogens is 1. The topological polar surface area (TPSA) is 28.1 Å². The summed E-state index contributed by atoms with van der Waals surface area (Å²) in [7, 11) is 0. The monoisotopic (exact) mass is 405 g/mol. The van der Waals surface area contributed by atoms with E-state index in [9.17, 15) is 0 Å². The molecule has 0 radical (unpaired) electrons. The number of hydrazone groups is 1. The highest BCUT2D eigenvalue weighted by Gasteiger charge is 2.15. The molecule has 0 spiro atoms. The highest BCUT2D eigenvalue weighted by molar-refractivity contribution is 6.30. The minimum atomic E-state index is 0.576. The number of ether oxygens (including phenoxy) is 1. The van der Waals surface area contributed by atoms with Gasteiger partial charge in [0.2, 0.25) is 0 Å². The van der Waals surface area contributed by atoms with Gasteiger partial charge in [-0.05, 0) is 59.7 Å². The lowest BCUT2D eigenvalue weighted by Crippen LogP contribution is -2.44. The predicted molar refractivity (Wildman–Crippen MR) is 120 cm³/mol. The first-order chi connectivity index (χ1) is 14.3. The molecule has 4 nitrogen and oxygen atoms in total. The minimum Gasteiger partial charge on any atom is -0.489 e. The van der Waals surface area contributed by atoms with Crippen molar-refractivity contribution in [2.75, 3.05) is 31.1 Å². The second-order valence-corrected chi connectivity index (χ2v) is 7.44. The Balaban J connectivity index is 1.25. The van der Waals surface area contributed by atoms with E-state index in [2.05, 4.69) is 39.3 Å². The Morgan fingerprint density at radius 2 is 1.52 bits per heavy atom. The van der Waals surface area contributed by atoms with Crippen LogP contribution < -0.4 is 9.64 Å². The lowest BCUT2D eigenvalue weighted by atomic mass is 10.2. The Labute approximate surface area is 177 Å². The van der Waals surface area contributed by atoms with Gasteiger partial charge in [-0.15, -0.1) is 0 Å². The normalized spacial score (nSPS) is 14.4. The summed E-state index contributed by atoms with van der Waals surface area (Å²) in [4.78, 5) is 2.36. The van der Waals surface area contributed by atoms with Gasteiger partial charge in [0, 0.05) is 23.8 Å². The molecule has 1 heterocycles. The van der Waals surface area contributed by atoms with Gasteiger partial charge in [-0.1, -0.05) is 41.9 Å². The molecular weight excluding hydrogens is 382 g/mol. The highest BCUT2D eigenvalue weighted by atomic mass is 35.5. The lowest BCUT2D eigenvalue weighted by molar-refractivity contribution is 0.272. The van der Waals surface area contributed by atoms with Gasteiger partial charge in [-0.25, -0.2) is 0 Å². The largest absolute Gasteiger partial charge is 0.489 e. The van der Waals surface area contributed by atoms with Crippen LogP contribution in [0.15, 0.2) is 84.0 Å². The highest BCUT2D eigenvalue weighted by Crippen LogP contribution is 2.19. The Hall–Kier alpha value is -2.98. The van der Waals surface area contributed by atoms with Crippen LogP contribution >= 0.6 is 11.6 Å². The number of benzene rings is 3. The molecule has 5 heteroatoms. The molecular formula is C24H24ClN3O. The molecule has 1 aliphatic heterocycles. The summed E-state index contributed by atoms with van der Waals surface area (Å²) < 4.78 is 5.83. The van der Waals surface area contributed by atoms with Gasteiger partial charge in [-0.2, -0.15) is 5.10 Å². The number of piperazine rings is 1. The van der Waals surface area contributed by atoms with Gasteiger partial charge in [-0.3, -0.25) is 5.01 Å². The molecule has 0 atom stereocenters. The van der Waals surface area contributed by atoms with Crippen molar-refractivity contribution >= 4 is 23.5 Å². The number of hydrogen-bond donors (Lipinski definition) is 0. The Morgan fingerprint density at radius 3 is 2.21 bits per heavy atom. The molecule has 3 aromatic rings. The zero-order chi connectivity index (χ0) is 19.9. The van der Waals surface area contributed by atoms with Crippen molar-refractivity contribution in [2.24, 2.45) is 5.10 Å². The van der Waals surface area contributed by atoms with Crippen LogP contribution in [0.25, 0.3) is 0 Å². The van der Waals surface area contributed by atoms with Crippen LogP contribution in [0.3, 0.4) is 0 Å². The molecule has 3 aromatic carbocycles. The quantitative estimate of drug-likeness (QED) is 0.535. The third-order valence-electron chi connectivity index (χ3n) is 4.95. The molecule has 29 heavy (non-hydrogen) atoms. The number of rotatable bonds is 6. The number of anilines is 1. The van der Waals surface area contributed by atoms with Crippen molar-refractivity contribution in [3.63, 3.8) is 0 Å². The van der Waals surface area contributed by atoms with Crippen LogP contribution in [0.4, 0.5) is 5.69 Å². The van der Waals surface area contributed by atoms with E-state index in [1.165, 1.54) is 5.69 Å². The third-order valence-corrected chi connectivity index (χ3v) is 5.20. The van der Waals surface area contributed by atoms with Crippen LogP contribution in [0, 0.1) is 0 Å². The average molecular weight is 406 g/mol. The molecule has 0 unspecified atom stereocenters. The van der Waals surface area contributed by atoms with Crippen molar-refractivity contribution in [2.45, 2.75) is 6.61 Å². The maximum absolute atomic E-state index is 5.97. The summed E-state index contributed by atoms with van der Waals surface area (Å²) in [5, 5.41) is 7.53. The van der Waals surface area contributed by atoms with Crippen molar-refractivity contribution in [3.8, 4) is 5.75 Å². The van der Waals surface area contributed by atoms with E-state index >= 15 is 0 Å². The van der Waals surface area contributed by atoms with E-state index in [1.807, 2.05) is 60.8 Å².